The van der Waals surface area contributed by atoms with Gasteiger partial charge >= 0.3 is 0 Å². The Hall–Kier alpha value is -1.38. The van der Waals surface area contributed by atoms with Crippen molar-refractivity contribution in [2.75, 3.05) is 0 Å². The Morgan fingerprint density at radius 3 is 2.06 bits per heavy atom. The van der Waals surface area contributed by atoms with Gasteiger partial charge in [-0.25, -0.2) is 0 Å². The van der Waals surface area contributed by atoms with Crippen LogP contribution in [-0.4, -0.2) is 10.2 Å². The van der Waals surface area contributed by atoms with Crippen molar-refractivity contribution in [3.05, 3.63) is 58.1 Å². The van der Waals surface area contributed by atoms with Gasteiger partial charge in [0, 0.05) is 5.02 Å². The van der Waals surface area contributed by atoms with Crippen molar-refractivity contribution in [3.63, 3.8) is 0 Å². The summed E-state index contributed by atoms with van der Waals surface area (Å²) in [5, 5.41) is 19.0. The second-order valence-corrected chi connectivity index (χ2v) is 4.42. The highest BCUT2D eigenvalue weighted by Gasteiger charge is 1.97. The van der Waals surface area contributed by atoms with Gasteiger partial charge in [-0.3, -0.25) is 0 Å². The van der Waals surface area contributed by atoms with E-state index in [0.29, 0.717) is 15.8 Å². The summed E-state index contributed by atoms with van der Waals surface area (Å²) in [6.45, 7) is 1.98. The number of hydrogen-bond donors (Lipinski definition) is 2. The summed E-state index contributed by atoms with van der Waals surface area (Å²) in [6, 6.07) is 11.7. The summed E-state index contributed by atoms with van der Waals surface area (Å²) in [6.07, 6.45) is 0.812. The van der Waals surface area contributed by atoms with Crippen LogP contribution in [0.5, 0.6) is 11.5 Å². The molecule has 2 aromatic rings. The van der Waals surface area contributed by atoms with E-state index in [1.54, 1.807) is 42.5 Å². The molecule has 2 nitrogen and oxygen atoms in total. The van der Waals surface area contributed by atoms with Crippen LogP contribution in [0.3, 0.4) is 0 Å². The Balaban J connectivity index is 0.000000184. The maximum Gasteiger partial charge on any atom is 0.134 e. The molecule has 0 spiro atoms. The number of halogens is 2. The lowest BCUT2D eigenvalue weighted by Crippen LogP contribution is -1.79. The average Bonchev–Trinajstić information content (AvgIpc) is 2.37. The standard InChI is InChI=1S/C8H9ClO.C6H5ClO/c1-2-6-5-7(9)3-4-8(6)10;7-5-3-1-2-4-6(5)8/h3-5,10H,2H2,1H3;1-4,8H. The highest BCUT2D eigenvalue weighted by atomic mass is 35.5. The fourth-order valence-corrected chi connectivity index (χ4v) is 1.62. The molecule has 0 heterocycles. The molecule has 0 aromatic heterocycles. The van der Waals surface area contributed by atoms with Gasteiger partial charge < -0.3 is 10.2 Å². The lowest BCUT2D eigenvalue weighted by molar-refractivity contribution is 0.469. The van der Waals surface area contributed by atoms with E-state index in [2.05, 4.69) is 0 Å². The molecular weight excluding hydrogens is 271 g/mol. The average molecular weight is 285 g/mol. The van der Waals surface area contributed by atoms with Crippen molar-refractivity contribution in [1.29, 1.82) is 0 Å². The molecule has 0 radical (unpaired) electrons. The molecule has 18 heavy (non-hydrogen) atoms. The summed E-state index contributed by atoms with van der Waals surface area (Å²) >= 11 is 11.1. The third kappa shape index (κ3) is 4.47. The fraction of sp³-hybridized carbons (Fsp3) is 0.143. The van der Waals surface area contributed by atoms with Crippen LogP contribution in [0.4, 0.5) is 0 Å². The van der Waals surface area contributed by atoms with Gasteiger partial charge in [-0.1, -0.05) is 42.3 Å². The van der Waals surface area contributed by atoms with Crippen LogP contribution in [0.15, 0.2) is 42.5 Å². The molecule has 0 aliphatic carbocycles. The molecule has 2 aromatic carbocycles. The number of aromatic hydroxyl groups is 2. The minimum absolute atomic E-state index is 0.133. The number of aryl methyl sites for hydroxylation is 1. The maximum atomic E-state index is 9.18. The maximum absolute atomic E-state index is 9.18. The van der Waals surface area contributed by atoms with Gasteiger partial charge in [-0.2, -0.15) is 0 Å². The second-order valence-electron chi connectivity index (χ2n) is 3.58. The highest BCUT2D eigenvalue weighted by molar-refractivity contribution is 6.32. The van der Waals surface area contributed by atoms with Crippen molar-refractivity contribution in [3.8, 4) is 11.5 Å². The van der Waals surface area contributed by atoms with Crippen LogP contribution in [0.1, 0.15) is 12.5 Å². The third-order valence-electron chi connectivity index (χ3n) is 2.27. The van der Waals surface area contributed by atoms with Crippen LogP contribution in [-0.2, 0) is 6.42 Å². The first-order valence-electron chi connectivity index (χ1n) is 5.45. The molecule has 0 amide bonds. The van der Waals surface area contributed by atoms with E-state index in [9.17, 15) is 5.11 Å². The number of hydrogen-bond acceptors (Lipinski definition) is 2. The van der Waals surface area contributed by atoms with Gasteiger partial charge in [-0.15, -0.1) is 0 Å². The zero-order valence-electron chi connectivity index (χ0n) is 9.90. The molecule has 0 saturated carbocycles. The molecule has 4 heteroatoms. The van der Waals surface area contributed by atoms with Crippen molar-refractivity contribution >= 4 is 23.2 Å². The van der Waals surface area contributed by atoms with Crippen LogP contribution < -0.4 is 0 Å². The minimum atomic E-state index is 0.133. The van der Waals surface area contributed by atoms with Gasteiger partial charge in [0.2, 0.25) is 0 Å². The van der Waals surface area contributed by atoms with Crippen molar-refractivity contribution in [2.45, 2.75) is 13.3 Å². The molecule has 0 fully saturated rings. The van der Waals surface area contributed by atoms with E-state index in [1.807, 2.05) is 6.92 Å². The monoisotopic (exact) mass is 284 g/mol. The smallest absolute Gasteiger partial charge is 0.134 e. The molecule has 0 saturated heterocycles. The molecule has 2 rings (SSSR count). The molecule has 0 atom stereocenters. The van der Waals surface area contributed by atoms with Crippen LogP contribution in [0.2, 0.25) is 10.0 Å². The molecular formula is C14H14Cl2O2. The Morgan fingerprint density at radius 2 is 1.61 bits per heavy atom. The van der Waals surface area contributed by atoms with Gasteiger partial charge in [-0.05, 0) is 42.3 Å². The molecule has 0 unspecified atom stereocenters. The van der Waals surface area contributed by atoms with Gasteiger partial charge in [0.15, 0.2) is 0 Å². The quantitative estimate of drug-likeness (QED) is 0.800. The first-order chi connectivity index (χ1) is 8.54. The SMILES string of the molecule is CCc1cc(Cl)ccc1O.Oc1ccccc1Cl. The van der Waals surface area contributed by atoms with Gasteiger partial charge in [0.1, 0.15) is 11.5 Å². The molecule has 2 N–H and O–H groups in total. The topological polar surface area (TPSA) is 40.5 Å². The Labute approximate surface area is 116 Å². The number of phenols is 2. The second kappa shape index (κ2) is 7.14. The van der Waals surface area contributed by atoms with E-state index in [-0.39, 0.29) is 5.75 Å². The van der Waals surface area contributed by atoms with Crippen molar-refractivity contribution < 1.29 is 10.2 Å². The van der Waals surface area contributed by atoms with Crippen LogP contribution in [0.25, 0.3) is 0 Å². The largest absolute Gasteiger partial charge is 0.508 e. The zero-order chi connectivity index (χ0) is 13.5. The minimum Gasteiger partial charge on any atom is -0.508 e. The van der Waals surface area contributed by atoms with Crippen molar-refractivity contribution in [2.24, 2.45) is 0 Å². The highest BCUT2D eigenvalue weighted by Crippen LogP contribution is 2.21. The first kappa shape index (κ1) is 14.7. The Bertz CT molecular complexity index is 492. The van der Waals surface area contributed by atoms with Gasteiger partial charge in [0.25, 0.3) is 0 Å². The van der Waals surface area contributed by atoms with Crippen LogP contribution in [0, 0.1) is 0 Å². The Morgan fingerprint density at radius 1 is 0.944 bits per heavy atom. The van der Waals surface area contributed by atoms with E-state index in [1.165, 1.54) is 0 Å². The van der Waals surface area contributed by atoms with E-state index >= 15 is 0 Å². The fourth-order valence-electron chi connectivity index (χ4n) is 1.29. The molecule has 0 aliphatic rings. The molecule has 0 aliphatic heterocycles. The van der Waals surface area contributed by atoms with E-state index in [4.69, 9.17) is 28.3 Å². The number of para-hydroxylation sites is 1. The number of rotatable bonds is 1. The summed E-state index contributed by atoms with van der Waals surface area (Å²) in [5.74, 6) is 0.459. The van der Waals surface area contributed by atoms with Crippen LogP contribution >= 0.6 is 23.2 Å². The summed E-state index contributed by atoms with van der Waals surface area (Å²) in [4.78, 5) is 0. The predicted molar refractivity (Wildman–Crippen MR) is 75.6 cm³/mol. The molecule has 0 bridgehead atoms. The summed E-state index contributed by atoms with van der Waals surface area (Å²) in [5.41, 5.74) is 0.896. The lowest BCUT2D eigenvalue weighted by atomic mass is 10.1. The summed E-state index contributed by atoms with van der Waals surface area (Å²) in [7, 11) is 0. The third-order valence-corrected chi connectivity index (χ3v) is 2.83. The zero-order valence-corrected chi connectivity index (χ0v) is 11.4. The summed E-state index contributed by atoms with van der Waals surface area (Å²) < 4.78 is 0. The lowest BCUT2D eigenvalue weighted by Gasteiger charge is -1.99. The van der Waals surface area contributed by atoms with Gasteiger partial charge in [0.05, 0.1) is 5.02 Å². The predicted octanol–water partition coefficient (Wildman–Crippen LogP) is 4.65. The number of phenolic OH excluding ortho intramolecular Hbond substituents is 2. The van der Waals surface area contributed by atoms with E-state index in [0.717, 1.165) is 12.0 Å². The molecule has 96 valence electrons. The Kier molecular flexibility index (Phi) is 5.83. The van der Waals surface area contributed by atoms with Crippen molar-refractivity contribution in [1.82, 2.24) is 0 Å². The van der Waals surface area contributed by atoms with E-state index < -0.39 is 0 Å². The normalized spacial score (nSPS) is 9.50. The number of benzene rings is 2. The first-order valence-corrected chi connectivity index (χ1v) is 6.21.